The average Bonchev–Trinajstić information content (AvgIpc) is 2.86. The summed E-state index contributed by atoms with van der Waals surface area (Å²) in [6.07, 6.45) is -0.0722. The van der Waals surface area contributed by atoms with E-state index in [1.54, 1.807) is 24.3 Å². The minimum Gasteiger partial charge on any atom is -0.491 e. The maximum Gasteiger partial charge on any atom is 0.251 e. The van der Waals surface area contributed by atoms with E-state index in [1.165, 1.54) is 17.7 Å². The predicted molar refractivity (Wildman–Crippen MR) is 134 cm³/mol. The van der Waals surface area contributed by atoms with E-state index >= 15 is 0 Å². The van der Waals surface area contributed by atoms with Crippen LogP contribution < -0.4 is 15.4 Å². The lowest BCUT2D eigenvalue weighted by Crippen LogP contribution is -2.48. The molecule has 36 heavy (non-hydrogen) atoms. The van der Waals surface area contributed by atoms with Crippen molar-refractivity contribution < 1.29 is 28.5 Å². The van der Waals surface area contributed by atoms with Gasteiger partial charge in [-0.05, 0) is 65.9 Å². The zero-order valence-electron chi connectivity index (χ0n) is 20.2. The Morgan fingerprint density at radius 2 is 1.67 bits per heavy atom. The smallest absolute Gasteiger partial charge is 0.251 e. The van der Waals surface area contributed by atoms with Crippen molar-refractivity contribution in [3.8, 4) is 5.75 Å². The van der Waals surface area contributed by atoms with Crippen LogP contribution in [0.5, 0.6) is 5.75 Å². The van der Waals surface area contributed by atoms with Gasteiger partial charge < -0.3 is 25.6 Å². The summed E-state index contributed by atoms with van der Waals surface area (Å²) in [5, 5.41) is 25.8. The van der Waals surface area contributed by atoms with Gasteiger partial charge in [-0.15, -0.1) is 0 Å². The monoisotopic (exact) mass is 498 g/mol. The zero-order valence-corrected chi connectivity index (χ0v) is 20.2. The van der Waals surface area contributed by atoms with E-state index < -0.39 is 29.7 Å². The topological polar surface area (TPSA) is 90.8 Å². The number of aliphatic hydroxyl groups excluding tert-OH is 2. The maximum absolute atomic E-state index is 13.8. The molecule has 0 spiro atoms. The second-order valence-corrected chi connectivity index (χ2v) is 8.53. The van der Waals surface area contributed by atoms with E-state index in [2.05, 4.69) is 23.6 Å². The Hall–Kier alpha value is -3.33. The highest BCUT2D eigenvalue weighted by Crippen LogP contribution is 2.15. The Bertz CT molecular complexity index is 1100. The number of carbonyl (C=O) groups excluding carboxylic acids is 1. The number of halogens is 2. The fourth-order valence-electron chi connectivity index (χ4n) is 3.85. The highest BCUT2D eigenvalue weighted by Gasteiger charge is 2.23. The van der Waals surface area contributed by atoms with Gasteiger partial charge in [-0.25, -0.2) is 8.78 Å². The van der Waals surface area contributed by atoms with Crippen molar-refractivity contribution in [2.24, 2.45) is 0 Å². The van der Waals surface area contributed by atoms with Crippen LogP contribution in [0.25, 0.3) is 0 Å². The van der Waals surface area contributed by atoms with Crippen LogP contribution in [0.1, 0.15) is 34.0 Å². The average molecular weight is 499 g/mol. The molecule has 0 heterocycles. The summed E-state index contributed by atoms with van der Waals surface area (Å²) in [7, 11) is 0. The molecule has 6 nitrogen and oxygen atoms in total. The molecule has 0 aliphatic heterocycles. The number of amides is 1. The summed E-state index contributed by atoms with van der Waals surface area (Å²) in [6.45, 7) is 2.78. The Balaban J connectivity index is 1.69. The van der Waals surface area contributed by atoms with Crippen molar-refractivity contribution in [3.05, 3.63) is 101 Å². The van der Waals surface area contributed by atoms with Crippen molar-refractivity contribution in [2.75, 3.05) is 19.8 Å². The first kappa shape index (κ1) is 27.3. The van der Waals surface area contributed by atoms with Crippen molar-refractivity contribution in [2.45, 2.75) is 38.5 Å². The molecule has 0 unspecified atom stereocenters. The highest BCUT2D eigenvalue weighted by atomic mass is 19.1. The molecule has 8 heteroatoms. The first-order valence-corrected chi connectivity index (χ1v) is 11.9. The van der Waals surface area contributed by atoms with Gasteiger partial charge in [-0.1, -0.05) is 31.2 Å². The summed E-state index contributed by atoms with van der Waals surface area (Å²) in [5.74, 6) is -1.39. The molecule has 0 saturated heterocycles. The largest absolute Gasteiger partial charge is 0.491 e. The predicted octanol–water partition coefficient (Wildman–Crippen LogP) is 3.39. The van der Waals surface area contributed by atoms with Crippen LogP contribution in [0, 0.1) is 11.6 Å². The van der Waals surface area contributed by atoms with Gasteiger partial charge in [0.15, 0.2) is 0 Å². The minimum atomic E-state index is -1.03. The molecule has 0 aliphatic rings. The summed E-state index contributed by atoms with van der Waals surface area (Å²) >= 11 is 0. The molecule has 2 atom stereocenters. The normalized spacial score (nSPS) is 12.7. The molecule has 3 aromatic rings. The first-order valence-electron chi connectivity index (χ1n) is 11.9. The van der Waals surface area contributed by atoms with Crippen LogP contribution in [-0.4, -0.2) is 48.0 Å². The second kappa shape index (κ2) is 13.7. The molecule has 0 saturated carbocycles. The Labute approximate surface area is 209 Å². The van der Waals surface area contributed by atoms with Gasteiger partial charge in [0, 0.05) is 24.7 Å². The third-order valence-corrected chi connectivity index (χ3v) is 5.72. The molecule has 0 aliphatic carbocycles. The molecule has 0 bridgehead atoms. The number of ether oxygens (including phenoxy) is 1. The molecule has 4 N–H and O–H groups in total. The van der Waals surface area contributed by atoms with Crippen molar-refractivity contribution in [1.29, 1.82) is 0 Å². The second-order valence-electron chi connectivity index (χ2n) is 8.53. The molecule has 3 aromatic carbocycles. The van der Waals surface area contributed by atoms with Crippen LogP contribution >= 0.6 is 0 Å². The molecule has 1 amide bonds. The first-order chi connectivity index (χ1) is 17.4. The number of aryl methyl sites for hydroxylation is 1. The lowest BCUT2D eigenvalue weighted by Gasteiger charge is -2.25. The fourth-order valence-corrected chi connectivity index (χ4v) is 3.85. The molecule has 0 fully saturated rings. The number of carbonyl (C=O) groups is 1. The number of nitrogens with one attached hydrogen (secondary N) is 2. The lowest BCUT2D eigenvalue weighted by atomic mass is 10.00. The quantitative estimate of drug-likeness (QED) is 0.290. The zero-order chi connectivity index (χ0) is 25.9. The van der Waals surface area contributed by atoms with E-state index in [4.69, 9.17) is 9.84 Å². The van der Waals surface area contributed by atoms with E-state index in [1.807, 2.05) is 18.2 Å². The SMILES string of the molecule is CCc1cccc(CNC[C@@H](O)[C@H](Cc2cc(F)cc(F)c2)NC(=O)c2ccc(OCCO)cc2)c1. The number of aliphatic hydroxyl groups is 2. The summed E-state index contributed by atoms with van der Waals surface area (Å²) in [4.78, 5) is 12.9. The minimum absolute atomic E-state index is 0.0340. The molecule has 0 aromatic heterocycles. The molecule has 3 rings (SSSR count). The van der Waals surface area contributed by atoms with Gasteiger partial charge in [-0.3, -0.25) is 4.79 Å². The van der Waals surface area contributed by atoms with E-state index in [0.29, 0.717) is 23.4 Å². The lowest BCUT2D eigenvalue weighted by molar-refractivity contribution is 0.0829. The molecule has 0 radical (unpaired) electrons. The van der Waals surface area contributed by atoms with E-state index in [9.17, 15) is 18.7 Å². The standard InChI is InChI=1S/C28H32F2N2O4/c1-2-19-4-3-5-20(12-19)17-31-18-27(34)26(15-21-13-23(29)16-24(30)14-21)32-28(35)22-6-8-25(9-7-22)36-11-10-33/h3-9,12-14,16,26-27,31,33-34H,2,10-11,15,17-18H2,1H3,(H,32,35)/t26-,27+/m0/s1. The van der Waals surface area contributed by atoms with Crippen molar-refractivity contribution in [3.63, 3.8) is 0 Å². The van der Waals surface area contributed by atoms with Gasteiger partial charge in [0.25, 0.3) is 5.91 Å². The molecule has 192 valence electrons. The van der Waals surface area contributed by atoms with Gasteiger partial charge in [0.05, 0.1) is 18.8 Å². The summed E-state index contributed by atoms with van der Waals surface area (Å²) in [6, 6.07) is 16.8. The van der Waals surface area contributed by atoms with Crippen LogP contribution in [0.15, 0.2) is 66.7 Å². The Kier molecular flexibility index (Phi) is 10.4. The number of benzene rings is 3. The van der Waals surface area contributed by atoms with Gasteiger partial charge >= 0.3 is 0 Å². The van der Waals surface area contributed by atoms with Crippen molar-refractivity contribution in [1.82, 2.24) is 10.6 Å². The van der Waals surface area contributed by atoms with Crippen LogP contribution in [0.4, 0.5) is 8.78 Å². The Morgan fingerprint density at radius 3 is 2.33 bits per heavy atom. The van der Waals surface area contributed by atoms with E-state index in [0.717, 1.165) is 18.1 Å². The molecular weight excluding hydrogens is 466 g/mol. The van der Waals surface area contributed by atoms with Gasteiger partial charge in [0.1, 0.15) is 24.0 Å². The molecular formula is C28H32F2N2O4. The van der Waals surface area contributed by atoms with Crippen molar-refractivity contribution >= 4 is 5.91 Å². The van der Waals surface area contributed by atoms with E-state index in [-0.39, 0.29) is 26.2 Å². The third-order valence-electron chi connectivity index (χ3n) is 5.72. The third kappa shape index (κ3) is 8.41. The maximum atomic E-state index is 13.8. The fraction of sp³-hybridized carbons (Fsp3) is 0.321. The Morgan fingerprint density at radius 1 is 0.972 bits per heavy atom. The van der Waals surface area contributed by atoms with Crippen LogP contribution in [0.3, 0.4) is 0 Å². The van der Waals surface area contributed by atoms with Crippen LogP contribution in [0.2, 0.25) is 0 Å². The highest BCUT2D eigenvalue weighted by molar-refractivity contribution is 5.94. The van der Waals surface area contributed by atoms with Gasteiger partial charge in [0.2, 0.25) is 0 Å². The number of hydrogen-bond acceptors (Lipinski definition) is 5. The number of hydrogen-bond donors (Lipinski definition) is 4. The van der Waals surface area contributed by atoms with Crippen LogP contribution in [-0.2, 0) is 19.4 Å². The summed E-state index contributed by atoms with van der Waals surface area (Å²) < 4.78 is 32.8. The van der Waals surface area contributed by atoms with Gasteiger partial charge in [-0.2, -0.15) is 0 Å². The number of rotatable bonds is 13. The summed E-state index contributed by atoms with van der Waals surface area (Å²) in [5.41, 5.74) is 2.93.